The van der Waals surface area contributed by atoms with Crippen molar-refractivity contribution in [2.45, 2.75) is 39.5 Å². The number of aromatic amines is 1. The van der Waals surface area contributed by atoms with Crippen molar-refractivity contribution >= 4 is 24.8 Å². The Bertz CT molecular complexity index is 881. The number of aromatic nitrogens is 1. The first-order valence-electron chi connectivity index (χ1n) is 9.44. The van der Waals surface area contributed by atoms with Gasteiger partial charge >= 0.3 is 0 Å². The van der Waals surface area contributed by atoms with Crippen LogP contribution in [0.1, 0.15) is 39.5 Å². The monoisotopic (exact) mass is 348 g/mol. The van der Waals surface area contributed by atoms with Crippen molar-refractivity contribution in [1.82, 2.24) is 4.98 Å². The van der Waals surface area contributed by atoms with E-state index in [0.717, 1.165) is 39.3 Å². The lowest BCUT2D eigenvalue weighted by molar-refractivity contribution is -0.105. The lowest BCUT2D eigenvalue weighted by Crippen LogP contribution is -2.20. The number of anilines is 1. The van der Waals surface area contributed by atoms with Crippen LogP contribution in [0.2, 0.25) is 0 Å². The zero-order chi connectivity index (χ0) is 18.5. The Labute approximate surface area is 155 Å². The van der Waals surface area contributed by atoms with Gasteiger partial charge in [0.1, 0.15) is 0 Å². The van der Waals surface area contributed by atoms with E-state index in [2.05, 4.69) is 48.9 Å². The molecule has 26 heavy (non-hydrogen) atoms. The molecule has 0 spiro atoms. The maximum atomic E-state index is 10.5. The van der Waals surface area contributed by atoms with Crippen LogP contribution >= 0.6 is 0 Å². The molecule has 2 aromatic rings. The minimum absolute atomic E-state index is 0.687. The standard InChI is InChI=1S/C23H28N2O/c1-16-4-7-19(8-5-16)17(2)6-13-22-18(3)14-23(25-22)20-9-11-21(12-10-20)24-15-26/h6,9-16,19,25H,3-5,7-8H2,1-2H3,(H,24,26)/b17-6+,22-13+. The third kappa shape index (κ3) is 4.34. The Hall–Kier alpha value is -2.55. The molecule has 0 bridgehead atoms. The third-order valence-corrected chi connectivity index (χ3v) is 5.53. The van der Waals surface area contributed by atoms with Gasteiger partial charge in [0, 0.05) is 16.7 Å². The van der Waals surface area contributed by atoms with E-state index in [1.54, 1.807) is 0 Å². The quantitative estimate of drug-likeness (QED) is 0.781. The van der Waals surface area contributed by atoms with E-state index in [0.29, 0.717) is 6.41 Å². The highest BCUT2D eigenvalue weighted by molar-refractivity contribution is 5.73. The number of carbonyl (C=O) groups excluding carboxylic acids is 1. The first-order chi connectivity index (χ1) is 12.6. The Morgan fingerprint density at radius 1 is 1.19 bits per heavy atom. The van der Waals surface area contributed by atoms with Crippen LogP contribution in [0.15, 0.2) is 42.0 Å². The molecule has 1 aliphatic rings. The van der Waals surface area contributed by atoms with Crippen LogP contribution in [0, 0.1) is 11.8 Å². The minimum Gasteiger partial charge on any atom is -0.355 e. The molecule has 1 aliphatic carbocycles. The molecular weight excluding hydrogens is 320 g/mol. The number of amides is 1. The van der Waals surface area contributed by atoms with E-state index in [1.807, 2.05) is 24.3 Å². The summed E-state index contributed by atoms with van der Waals surface area (Å²) in [5.74, 6) is 1.61. The highest BCUT2D eigenvalue weighted by Crippen LogP contribution is 2.32. The van der Waals surface area contributed by atoms with Crippen molar-refractivity contribution in [3.63, 3.8) is 0 Å². The van der Waals surface area contributed by atoms with Gasteiger partial charge in [0.15, 0.2) is 0 Å². The number of rotatable bonds is 5. The SMILES string of the molecule is C=c1cc(-c2ccc(NC=O)cc2)[nH]/c1=C/C=C(\C)C1CCC(C)CC1. The Balaban J connectivity index is 1.79. The highest BCUT2D eigenvalue weighted by atomic mass is 16.1. The molecule has 136 valence electrons. The number of allylic oxidation sites excluding steroid dienone is 2. The Morgan fingerprint density at radius 3 is 2.54 bits per heavy atom. The molecule has 1 aromatic carbocycles. The zero-order valence-electron chi connectivity index (χ0n) is 15.7. The predicted molar refractivity (Wildman–Crippen MR) is 110 cm³/mol. The van der Waals surface area contributed by atoms with Gasteiger partial charge in [0.2, 0.25) is 6.41 Å². The maximum Gasteiger partial charge on any atom is 0.211 e. The van der Waals surface area contributed by atoms with Gasteiger partial charge in [0.25, 0.3) is 0 Å². The van der Waals surface area contributed by atoms with Gasteiger partial charge in [-0.1, -0.05) is 50.1 Å². The number of carbonyl (C=O) groups is 1. The normalized spacial score (nSPS) is 21.6. The molecule has 2 N–H and O–H groups in total. The summed E-state index contributed by atoms with van der Waals surface area (Å²) in [6.07, 6.45) is 10.4. The third-order valence-electron chi connectivity index (χ3n) is 5.53. The summed E-state index contributed by atoms with van der Waals surface area (Å²) >= 11 is 0. The molecule has 0 unspecified atom stereocenters. The fraction of sp³-hybridized carbons (Fsp3) is 0.348. The summed E-state index contributed by atoms with van der Waals surface area (Å²) < 4.78 is 0. The summed E-state index contributed by atoms with van der Waals surface area (Å²) in [6, 6.07) is 9.84. The van der Waals surface area contributed by atoms with Crippen LogP contribution < -0.4 is 15.9 Å². The van der Waals surface area contributed by atoms with Gasteiger partial charge in [-0.2, -0.15) is 0 Å². The van der Waals surface area contributed by atoms with Gasteiger partial charge in [0.05, 0.1) is 0 Å². The van der Waals surface area contributed by atoms with Gasteiger partial charge in [-0.25, -0.2) is 0 Å². The second-order valence-electron chi connectivity index (χ2n) is 7.50. The Morgan fingerprint density at radius 2 is 1.88 bits per heavy atom. The van der Waals surface area contributed by atoms with E-state index in [4.69, 9.17) is 0 Å². The molecule has 1 heterocycles. The summed E-state index contributed by atoms with van der Waals surface area (Å²) in [7, 11) is 0. The number of hydrogen-bond donors (Lipinski definition) is 2. The van der Waals surface area contributed by atoms with Gasteiger partial charge < -0.3 is 10.3 Å². The van der Waals surface area contributed by atoms with Crippen LogP contribution in [0.25, 0.3) is 23.9 Å². The number of benzene rings is 1. The summed E-state index contributed by atoms with van der Waals surface area (Å²) in [4.78, 5) is 14.0. The van der Waals surface area contributed by atoms with Crippen molar-refractivity contribution in [3.05, 3.63) is 52.5 Å². The van der Waals surface area contributed by atoms with E-state index in [-0.39, 0.29) is 0 Å². The lowest BCUT2D eigenvalue weighted by Gasteiger charge is -2.26. The van der Waals surface area contributed by atoms with Crippen LogP contribution in [-0.4, -0.2) is 11.4 Å². The van der Waals surface area contributed by atoms with Crippen molar-refractivity contribution in [3.8, 4) is 11.3 Å². The fourth-order valence-electron chi connectivity index (χ4n) is 3.70. The summed E-state index contributed by atoms with van der Waals surface area (Å²) in [6.45, 7) is 8.78. The smallest absolute Gasteiger partial charge is 0.211 e. The van der Waals surface area contributed by atoms with Crippen molar-refractivity contribution in [2.24, 2.45) is 11.8 Å². The van der Waals surface area contributed by atoms with Crippen LogP contribution in [0.4, 0.5) is 5.69 Å². The molecule has 1 aromatic heterocycles. The van der Waals surface area contributed by atoms with Crippen molar-refractivity contribution < 1.29 is 4.79 Å². The van der Waals surface area contributed by atoms with Gasteiger partial charge in [-0.15, -0.1) is 0 Å². The highest BCUT2D eigenvalue weighted by Gasteiger charge is 2.18. The van der Waals surface area contributed by atoms with Crippen LogP contribution in [0.5, 0.6) is 0 Å². The molecular formula is C23H28N2O. The average Bonchev–Trinajstić information content (AvgIpc) is 3.02. The minimum atomic E-state index is 0.687. The second kappa shape index (κ2) is 8.22. The molecule has 1 saturated carbocycles. The summed E-state index contributed by atoms with van der Waals surface area (Å²) in [5, 5.41) is 4.70. The molecule has 0 radical (unpaired) electrons. The largest absolute Gasteiger partial charge is 0.355 e. The molecule has 3 rings (SSSR count). The van der Waals surface area contributed by atoms with Crippen molar-refractivity contribution in [2.75, 3.05) is 5.32 Å². The first kappa shape index (κ1) is 18.2. The molecule has 0 saturated heterocycles. The molecule has 1 fully saturated rings. The first-order valence-corrected chi connectivity index (χ1v) is 9.44. The zero-order valence-corrected chi connectivity index (χ0v) is 15.7. The van der Waals surface area contributed by atoms with E-state index in [9.17, 15) is 4.79 Å². The predicted octanol–water partition coefficient (Wildman–Crippen LogP) is 4.21. The van der Waals surface area contributed by atoms with Gasteiger partial charge in [-0.3, -0.25) is 4.79 Å². The lowest BCUT2D eigenvalue weighted by atomic mass is 9.79. The van der Waals surface area contributed by atoms with E-state index in [1.165, 1.54) is 31.3 Å². The second-order valence-corrected chi connectivity index (χ2v) is 7.50. The molecule has 0 aliphatic heterocycles. The van der Waals surface area contributed by atoms with Gasteiger partial charge in [-0.05, 0) is 66.7 Å². The molecule has 3 nitrogen and oxygen atoms in total. The average molecular weight is 348 g/mol. The molecule has 3 heteroatoms. The number of hydrogen-bond acceptors (Lipinski definition) is 1. The maximum absolute atomic E-state index is 10.5. The van der Waals surface area contributed by atoms with Crippen molar-refractivity contribution in [1.29, 1.82) is 0 Å². The molecule has 1 amide bonds. The number of nitrogens with one attached hydrogen (secondary N) is 2. The fourth-order valence-corrected chi connectivity index (χ4v) is 3.70. The number of H-pyrrole nitrogens is 1. The topological polar surface area (TPSA) is 44.9 Å². The summed E-state index contributed by atoms with van der Waals surface area (Å²) in [5.41, 5.74) is 4.37. The van der Waals surface area contributed by atoms with E-state index >= 15 is 0 Å². The van der Waals surface area contributed by atoms with E-state index < -0.39 is 0 Å². The molecule has 0 atom stereocenters. The Kier molecular flexibility index (Phi) is 5.77. The van der Waals surface area contributed by atoms with Crippen LogP contribution in [0.3, 0.4) is 0 Å². The van der Waals surface area contributed by atoms with Crippen LogP contribution in [-0.2, 0) is 4.79 Å².